The maximum Gasteiger partial charge on any atom is 0.335 e. The van der Waals surface area contributed by atoms with E-state index in [2.05, 4.69) is 21.2 Å². The topological polar surface area (TPSA) is 80.6 Å². The molecule has 1 N–H and O–H groups in total. The summed E-state index contributed by atoms with van der Waals surface area (Å²) in [5.74, 6) is -0.592. The highest BCUT2D eigenvalue weighted by Crippen LogP contribution is 2.29. The fourth-order valence-corrected chi connectivity index (χ4v) is 4.57. The molecule has 0 spiro atoms. The number of benzene rings is 2. The van der Waals surface area contributed by atoms with Crippen molar-refractivity contribution >= 4 is 45.5 Å². The zero-order valence-corrected chi connectivity index (χ0v) is 20.9. The SMILES string of the molecule is CCOc1ccc(-n2c(C)cc(/C=C3\C(=O)NC(=O)N(c4ccc(Br)cc4C)C3=O)c2C)cc1. The first kappa shape index (κ1) is 23.5. The number of carbonyl (C=O) groups is 3. The van der Waals surface area contributed by atoms with E-state index in [4.69, 9.17) is 4.74 Å². The number of nitrogens with one attached hydrogen (secondary N) is 1. The first-order valence-electron chi connectivity index (χ1n) is 10.8. The van der Waals surface area contributed by atoms with Crippen LogP contribution in [0.2, 0.25) is 0 Å². The molecule has 1 fully saturated rings. The third-order valence-corrected chi connectivity index (χ3v) is 6.17. The van der Waals surface area contributed by atoms with Crippen molar-refractivity contribution in [2.24, 2.45) is 0 Å². The smallest absolute Gasteiger partial charge is 0.335 e. The quantitative estimate of drug-likeness (QED) is 0.368. The van der Waals surface area contributed by atoms with E-state index in [0.29, 0.717) is 17.9 Å². The number of hydrogen-bond acceptors (Lipinski definition) is 4. The lowest BCUT2D eigenvalue weighted by atomic mass is 10.1. The molecule has 4 amide bonds. The Balaban J connectivity index is 1.73. The van der Waals surface area contributed by atoms with Gasteiger partial charge in [-0.2, -0.15) is 0 Å². The van der Waals surface area contributed by atoms with Gasteiger partial charge in [-0.3, -0.25) is 14.9 Å². The molecule has 0 unspecified atom stereocenters. The van der Waals surface area contributed by atoms with Crippen molar-refractivity contribution in [3.05, 3.63) is 81.1 Å². The average molecular weight is 522 g/mol. The van der Waals surface area contributed by atoms with Crippen molar-refractivity contribution in [2.75, 3.05) is 11.5 Å². The van der Waals surface area contributed by atoms with Gasteiger partial charge in [-0.25, -0.2) is 9.69 Å². The van der Waals surface area contributed by atoms with Gasteiger partial charge in [0.05, 0.1) is 12.3 Å². The fourth-order valence-electron chi connectivity index (χ4n) is 4.09. The van der Waals surface area contributed by atoms with Crippen LogP contribution >= 0.6 is 15.9 Å². The van der Waals surface area contributed by atoms with Crippen LogP contribution in [0, 0.1) is 20.8 Å². The minimum atomic E-state index is -0.766. The molecule has 0 atom stereocenters. The number of aromatic nitrogens is 1. The molecule has 8 heteroatoms. The summed E-state index contributed by atoms with van der Waals surface area (Å²) >= 11 is 3.39. The molecule has 1 aromatic heterocycles. The second-order valence-corrected chi connectivity index (χ2v) is 8.89. The van der Waals surface area contributed by atoms with Crippen molar-refractivity contribution in [2.45, 2.75) is 27.7 Å². The number of carbonyl (C=O) groups excluding carboxylic acids is 3. The summed E-state index contributed by atoms with van der Waals surface area (Å²) < 4.78 is 8.38. The number of ether oxygens (including phenoxy) is 1. The van der Waals surface area contributed by atoms with E-state index in [1.165, 1.54) is 0 Å². The number of rotatable bonds is 5. The Bertz CT molecular complexity index is 1340. The minimum Gasteiger partial charge on any atom is -0.494 e. The van der Waals surface area contributed by atoms with E-state index in [-0.39, 0.29) is 5.57 Å². The molecule has 34 heavy (non-hydrogen) atoms. The number of barbiturate groups is 1. The van der Waals surface area contributed by atoms with Gasteiger partial charge in [-0.15, -0.1) is 0 Å². The molecule has 0 aliphatic carbocycles. The maximum absolute atomic E-state index is 13.3. The van der Waals surface area contributed by atoms with Gasteiger partial charge in [0.1, 0.15) is 11.3 Å². The Morgan fingerprint density at radius 2 is 1.71 bits per heavy atom. The standard InChI is InChI=1S/C26H24BrN3O4/c1-5-34-21-9-7-20(8-10-21)29-16(3)13-18(17(29)4)14-22-24(31)28-26(33)30(25(22)32)23-11-6-19(27)12-15(23)2/h6-14H,5H2,1-4H3,(H,28,31,33)/b22-14+. The molecule has 2 heterocycles. The molecule has 4 rings (SSSR count). The summed E-state index contributed by atoms with van der Waals surface area (Å²) in [6, 6.07) is 14.1. The lowest BCUT2D eigenvalue weighted by Crippen LogP contribution is -2.54. The number of hydrogen-bond donors (Lipinski definition) is 1. The van der Waals surface area contributed by atoms with Crippen LogP contribution in [0.4, 0.5) is 10.5 Å². The monoisotopic (exact) mass is 521 g/mol. The molecule has 1 saturated heterocycles. The third-order valence-electron chi connectivity index (χ3n) is 5.68. The Kier molecular flexibility index (Phi) is 6.43. The van der Waals surface area contributed by atoms with E-state index >= 15 is 0 Å². The molecule has 0 bridgehead atoms. The van der Waals surface area contributed by atoms with E-state index in [1.54, 1.807) is 31.2 Å². The highest BCUT2D eigenvalue weighted by molar-refractivity contribution is 9.10. The van der Waals surface area contributed by atoms with E-state index in [9.17, 15) is 14.4 Å². The van der Waals surface area contributed by atoms with Crippen molar-refractivity contribution < 1.29 is 19.1 Å². The molecule has 2 aromatic carbocycles. The highest BCUT2D eigenvalue weighted by Gasteiger charge is 2.37. The van der Waals surface area contributed by atoms with Gasteiger partial charge >= 0.3 is 6.03 Å². The normalized spacial score (nSPS) is 15.1. The van der Waals surface area contributed by atoms with Crippen LogP contribution in [0.5, 0.6) is 5.75 Å². The van der Waals surface area contributed by atoms with Gasteiger partial charge in [0.25, 0.3) is 11.8 Å². The Hall–Kier alpha value is -3.65. The number of amides is 4. The molecular weight excluding hydrogens is 498 g/mol. The van der Waals surface area contributed by atoms with Crippen LogP contribution in [-0.2, 0) is 9.59 Å². The molecule has 7 nitrogen and oxygen atoms in total. The number of aryl methyl sites for hydroxylation is 2. The number of anilines is 1. The number of nitrogens with zero attached hydrogens (tertiary/aromatic N) is 2. The molecule has 3 aromatic rings. The molecule has 0 radical (unpaired) electrons. The largest absolute Gasteiger partial charge is 0.494 e. The summed E-state index contributed by atoms with van der Waals surface area (Å²) in [5.41, 5.74) is 4.49. The second-order valence-electron chi connectivity index (χ2n) is 7.98. The zero-order valence-electron chi connectivity index (χ0n) is 19.3. The summed E-state index contributed by atoms with van der Waals surface area (Å²) in [4.78, 5) is 39.5. The van der Waals surface area contributed by atoms with Crippen molar-refractivity contribution in [3.8, 4) is 11.4 Å². The molecule has 0 saturated carbocycles. The van der Waals surface area contributed by atoms with Crippen LogP contribution < -0.4 is 15.0 Å². The first-order chi connectivity index (χ1) is 16.2. The van der Waals surface area contributed by atoms with Gasteiger partial charge in [0.15, 0.2) is 0 Å². The third kappa shape index (κ3) is 4.28. The van der Waals surface area contributed by atoms with Crippen LogP contribution in [0.1, 0.15) is 29.4 Å². The van der Waals surface area contributed by atoms with Crippen molar-refractivity contribution in [3.63, 3.8) is 0 Å². The zero-order chi connectivity index (χ0) is 24.6. The molecule has 1 aliphatic heterocycles. The predicted octanol–water partition coefficient (Wildman–Crippen LogP) is 5.23. The van der Waals surface area contributed by atoms with Gasteiger partial charge in [-0.1, -0.05) is 15.9 Å². The Labute approximate surface area is 206 Å². The summed E-state index contributed by atoms with van der Waals surface area (Å²) in [5, 5.41) is 2.29. The Morgan fingerprint density at radius 1 is 1.00 bits per heavy atom. The van der Waals surface area contributed by atoms with Crippen molar-refractivity contribution in [1.82, 2.24) is 9.88 Å². The van der Waals surface area contributed by atoms with Gasteiger partial charge in [-0.05, 0) is 93.4 Å². The molecule has 1 aliphatic rings. The second kappa shape index (κ2) is 9.30. The van der Waals surface area contributed by atoms with E-state index < -0.39 is 17.8 Å². The van der Waals surface area contributed by atoms with Gasteiger partial charge in [0.2, 0.25) is 0 Å². The Morgan fingerprint density at radius 3 is 2.35 bits per heavy atom. The van der Waals surface area contributed by atoms with Crippen LogP contribution in [0.15, 0.2) is 58.6 Å². The lowest BCUT2D eigenvalue weighted by molar-refractivity contribution is -0.122. The summed E-state index contributed by atoms with van der Waals surface area (Å²) in [6.07, 6.45) is 1.54. The van der Waals surface area contributed by atoms with Crippen LogP contribution in [0.3, 0.4) is 0 Å². The average Bonchev–Trinajstić information content (AvgIpc) is 3.06. The van der Waals surface area contributed by atoms with E-state index in [0.717, 1.165) is 37.8 Å². The molecular formula is C26H24BrN3O4. The summed E-state index contributed by atoms with van der Waals surface area (Å²) in [7, 11) is 0. The molecule has 174 valence electrons. The van der Waals surface area contributed by atoms with Gasteiger partial charge in [0, 0.05) is 21.5 Å². The summed E-state index contributed by atoms with van der Waals surface area (Å²) in [6.45, 7) is 8.19. The number of urea groups is 1. The fraction of sp³-hybridized carbons (Fsp3) is 0.192. The maximum atomic E-state index is 13.3. The minimum absolute atomic E-state index is 0.103. The first-order valence-corrected chi connectivity index (χ1v) is 11.6. The van der Waals surface area contributed by atoms with E-state index in [1.807, 2.05) is 55.7 Å². The number of imide groups is 2. The highest BCUT2D eigenvalue weighted by atomic mass is 79.9. The van der Waals surface area contributed by atoms with Crippen molar-refractivity contribution in [1.29, 1.82) is 0 Å². The predicted molar refractivity (Wildman–Crippen MR) is 134 cm³/mol. The van der Waals surface area contributed by atoms with Gasteiger partial charge < -0.3 is 9.30 Å². The van der Waals surface area contributed by atoms with Crippen LogP contribution in [-0.4, -0.2) is 29.0 Å². The lowest BCUT2D eigenvalue weighted by Gasteiger charge is -2.27. The number of halogens is 1. The van der Waals surface area contributed by atoms with Crippen LogP contribution in [0.25, 0.3) is 11.8 Å².